The Bertz CT molecular complexity index is 718. The lowest BCUT2D eigenvalue weighted by atomic mass is 9.89. The first-order valence-corrected chi connectivity index (χ1v) is 10.1. The van der Waals surface area contributed by atoms with Crippen molar-refractivity contribution in [2.24, 2.45) is 13.0 Å². The molecule has 0 radical (unpaired) electrons. The van der Waals surface area contributed by atoms with Gasteiger partial charge in [-0.25, -0.2) is 4.79 Å². The molecule has 0 atom stereocenters. The van der Waals surface area contributed by atoms with E-state index in [1.165, 1.54) is 11.1 Å². The first-order valence-electron chi connectivity index (χ1n) is 10.1. The zero-order valence-electron chi connectivity index (χ0n) is 16.6. The van der Waals surface area contributed by atoms with Crippen LogP contribution < -0.4 is 5.32 Å². The van der Waals surface area contributed by atoms with Gasteiger partial charge in [0.2, 0.25) is 5.91 Å². The Kier molecular flexibility index (Phi) is 6.53. The van der Waals surface area contributed by atoms with Crippen molar-refractivity contribution in [1.29, 1.82) is 0 Å². The van der Waals surface area contributed by atoms with Crippen molar-refractivity contribution in [2.45, 2.75) is 39.0 Å². The summed E-state index contributed by atoms with van der Waals surface area (Å²) in [6.07, 6.45) is 4.86. The van der Waals surface area contributed by atoms with E-state index in [0.29, 0.717) is 44.3 Å². The van der Waals surface area contributed by atoms with Crippen LogP contribution in [0.3, 0.4) is 0 Å². The van der Waals surface area contributed by atoms with Crippen LogP contribution in [0.15, 0.2) is 6.07 Å². The van der Waals surface area contributed by atoms with E-state index >= 15 is 0 Å². The van der Waals surface area contributed by atoms with Gasteiger partial charge in [-0.1, -0.05) is 19.3 Å². The summed E-state index contributed by atoms with van der Waals surface area (Å²) in [5.74, 6) is 0.380. The van der Waals surface area contributed by atoms with Gasteiger partial charge in [0, 0.05) is 45.2 Å². The van der Waals surface area contributed by atoms with E-state index < -0.39 is 0 Å². The predicted molar refractivity (Wildman–Crippen MR) is 103 cm³/mol. The largest absolute Gasteiger partial charge is 0.450 e. The van der Waals surface area contributed by atoms with Gasteiger partial charge in [0.05, 0.1) is 6.61 Å². The Labute approximate surface area is 165 Å². The fourth-order valence-electron chi connectivity index (χ4n) is 3.75. The van der Waals surface area contributed by atoms with Crippen molar-refractivity contribution >= 4 is 23.7 Å². The zero-order valence-corrected chi connectivity index (χ0v) is 16.6. The lowest BCUT2D eigenvalue weighted by Crippen LogP contribution is -2.50. The number of aromatic nitrogens is 2. The van der Waals surface area contributed by atoms with Gasteiger partial charge in [0.25, 0.3) is 5.91 Å². The number of ether oxygens (including phenoxy) is 1. The minimum absolute atomic E-state index is 0.00440. The van der Waals surface area contributed by atoms with Crippen molar-refractivity contribution in [2.75, 3.05) is 38.1 Å². The zero-order chi connectivity index (χ0) is 20.1. The molecule has 9 heteroatoms. The minimum atomic E-state index is -0.347. The Hall–Kier alpha value is -2.58. The number of carbonyl (C=O) groups is 3. The second-order valence-electron chi connectivity index (χ2n) is 7.34. The summed E-state index contributed by atoms with van der Waals surface area (Å²) in [6.45, 7) is 3.83. The quantitative estimate of drug-likeness (QED) is 0.845. The molecule has 154 valence electrons. The topological polar surface area (TPSA) is 96.8 Å². The number of anilines is 1. The first kappa shape index (κ1) is 20.2. The second kappa shape index (κ2) is 9.07. The van der Waals surface area contributed by atoms with Crippen LogP contribution in [-0.4, -0.2) is 70.3 Å². The molecule has 0 spiro atoms. The fraction of sp³-hybridized carbons (Fsp3) is 0.684. The van der Waals surface area contributed by atoms with Crippen molar-refractivity contribution in [3.63, 3.8) is 0 Å². The maximum atomic E-state index is 12.8. The molecule has 2 heterocycles. The molecule has 28 heavy (non-hydrogen) atoms. The van der Waals surface area contributed by atoms with Crippen molar-refractivity contribution in [3.05, 3.63) is 11.8 Å². The number of nitrogens with zero attached hydrogens (tertiary/aromatic N) is 4. The molecule has 9 nitrogen and oxygen atoms in total. The average molecular weight is 391 g/mol. The molecule has 1 aromatic heterocycles. The summed E-state index contributed by atoms with van der Waals surface area (Å²) in [5.41, 5.74) is 0.297. The van der Waals surface area contributed by atoms with Crippen molar-refractivity contribution in [1.82, 2.24) is 19.6 Å². The number of hydrogen-bond acceptors (Lipinski definition) is 5. The van der Waals surface area contributed by atoms with Crippen molar-refractivity contribution < 1.29 is 19.1 Å². The smallest absolute Gasteiger partial charge is 0.409 e. The van der Waals surface area contributed by atoms with E-state index in [4.69, 9.17) is 4.74 Å². The molecule has 1 saturated heterocycles. The summed E-state index contributed by atoms with van der Waals surface area (Å²) in [5, 5.41) is 7.19. The van der Waals surface area contributed by atoms with Gasteiger partial charge >= 0.3 is 6.09 Å². The third kappa shape index (κ3) is 4.63. The van der Waals surface area contributed by atoms with Crippen LogP contribution in [0.4, 0.5) is 10.6 Å². The maximum Gasteiger partial charge on any atom is 0.409 e. The van der Waals surface area contributed by atoms with Crippen LogP contribution in [0.2, 0.25) is 0 Å². The number of amides is 3. The molecule has 0 unspecified atom stereocenters. The van der Waals surface area contributed by atoms with Crippen LogP contribution in [0, 0.1) is 5.92 Å². The number of hydrogen-bond donors (Lipinski definition) is 1. The SMILES string of the molecule is CCOC(=O)N1CCN(C(=O)c2cc(NC(=O)C3CCCCC3)n(C)n2)CC1. The molecule has 2 aliphatic rings. The standard InChI is InChI=1S/C19H29N5O4/c1-3-28-19(27)24-11-9-23(10-12-24)18(26)15-13-16(22(2)21-15)20-17(25)14-7-5-4-6-8-14/h13-14H,3-12H2,1-2H3,(H,20,25). The average Bonchev–Trinajstić information content (AvgIpc) is 3.08. The second-order valence-corrected chi connectivity index (χ2v) is 7.34. The Balaban J connectivity index is 1.57. The van der Waals surface area contributed by atoms with Gasteiger partial charge in [-0.3, -0.25) is 14.3 Å². The number of piperazine rings is 1. The summed E-state index contributed by atoms with van der Waals surface area (Å²) in [7, 11) is 1.71. The monoisotopic (exact) mass is 391 g/mol. The highest BCUT2D eigenvalue weighted by Crippen LogP contribution is 2.25. The normalized spacial score (nSPS) is 18.1. The van der Waals surface area contributed by atoms with E-state index in [1.54, 1.807) is 29.8 Å². The van der Waals surface area contributed by atoms with Gasteiger partial charge in [0.15, 0.2) is 5.69 Å². The summed E-state index contributed by atoms with van der Waals surface area (Å²) < 4.78 is 6.53. The van der Waals surface area contributed by atoms with Gasteiger partial charge in [0.1, 0.15) is 5.82 Å². The summed E-state index contributed by atoms with van der Waals surface area (Å²) >= 11 is 0. The van der Waals surface area contributed by atoms with E-state index in [-0.39, 0.29) is 23.8 Å². The highest BCUT2D eigenvalue weighted by atomic mass is 16.6. The van der Waals surface area contributed by atoms with Crippen LogP contribution in [0.5, 0.6) is 0 Å². The van der Waals surface area contributed by atoms with Gasteiger partial charge in [-0.15, -0.1) is 0 Å². The maximum absolute atomic E-state index is 12.8. The highest BCUT2D eigenvalue weighted by molar-refractivity contribution is 5.96. The van der Waals surface area contributed by atoms with E-state index in [2.05, 4.69) is 10.4 Å². The van der Waals surface area contributed by atoms with E-state index in [0.717, 1.165) is 25.7 Å². The number of rotatable bonds is 4. The molecule has 2 fully saturated rings. The van der Waals surface area contributed by atoms with Gasteiger partial charge < -0.3 is 19.9 Å². The third-order valence-corrected chi connectivity index (χ3v) is 5.42. The van der Waals surface area contributed by atoms with E-state index in [9.17, 15) is 14.4 Å². The minimum Gasteiger partial charge on any atom is -0.450 e. The molecule has 3 amide bonds. The molecule has 1 N–H and O–H groups in total. The molecule has 1 aliphatic carbocycles. The Morgan fingerprint density at radius 3 is 2.39 bits per heavy atom. The highest BCUT2D eigenvalue weighted by Gasteiger charge is 2.28. The van der Waals surface area contributed by atoms with Crippen LogP contribution in [-0.2, 0) is 16.6 Å². The number of nitrogens with one attached hydrogen (secondary N) is 1. The fourth-order valence-corrected chi connectivity index (χ4v) is 3.75. The third-order valence-electron chi connectivity index (χ3n) is 5.42. The van der Waals surface area contributed by atoms with Crippen molar-refractivity contribution in [3.8, 4) is 0 Å². The molecule has 0 bridgehead atoms. The molecule has 1 aromatic rings. The van der Waals surface area contributed by atoms with Gasteiger partial charge in [-0.05, 0) is 19.8 Å². The molecular weight excluding hydrogens is 362 g/mol. The lowest BCUT2D eigenvalue weighted by molar-refractivity contribution is -0.120. The van der Waals surface area contributed by atoms with Crippen LogP contribution in [0.25, 0.3) is 0 Å². The first-order chi connectivity index (χ1) is 13.5. The lowest BCUT2D eigenvalue weighted by Gasteiger charge is -2.33. The van der Waals surface area contributed by atoms with Gasteiger partial charge in [-0.2, -0.15) is 5.10 Å². The van der Waals surface area contributed by atoms with Crippen LogP contribution in [0.1, 0.15) is 49.5 Å². The molecule has 1 saturated carbocycles. The number of carbonyl (C=O) groups excluding carboxylic acids is 3. The molecular formula is C19H29N5O4. The van der Waals surface area contributed by atoms with E-state index in [1.807, 2.05) is 0 Å². The number of aryl methyl sites for hydroxylation is 1. The Morgan fingerprint density at radius 1 is 1.11 bits per heavy atom. The summed E-state index contributed by atoms with van der Waals surface area (Å²) in [6, 6.07) is 1.63. The van der Waals surface area contributed by atoms with Crippen LogP contribution >= 0.6 is 0 Å². The summed E-state index contributed by atoms with van der Waals surface area (Å²) in [4.78, 5) is 40.3. The molecule has 3 rings (SSSR count). The predicted octanol–water partition coefficient (Wildman–Crippen LogP) is 1.85. The molecule has 1 aliphatic heterocycles. The Morgan fingerprint density at radius 2 is 1.75 bits per heavy atom. The molecule has 0 aromatic carbocycles.